The number of methoxy groups -OCH3 is 2. The van der Waals surface area contributed by atoms with Crippen LogP contribution in [0.3, 0.4) is 0 Å². The molecule has 1 heterocycles. The molecule has 116 valence electrons. The van der Waals surface area contributed by atoms with E-state index in [2.05, 4.69) is 9.72 Å². The van der Waals surface area contributed by atoms with Gasteiger partial charge in [-0.25, -0.2) is 4.98 Å². The first kappa shape index (κ1) is 17.7. The van der Waals surface area contributed by atoms with Crippen molar-refractivity contribution < 1.29 is 19.1 Å². The first-order valence-electron chi connectivity index (χ1n) is 6.16. The summed E-state index contributed by atoms with van der Waals surface area (Å²) in [4.78, 5) is 29.0. The molecule has 0 fully saturated rings. The average molecular weight is 335 g/mol. The lowest BCUT2D eigenvalue weighted by Gasteiger charge is -2.22. The topological polar surface area (TPSA) is 68.7 Å². The lowest BCUT2D eigenvalue weighted by molar-refractivity contribution is -0.140. The minimum absolute atomic E-state index is 0.0464. The Morgan fingerprint density at radius 3 is 2.57 bits per heavy atom. The van der Waals surface area contributed by atoms with Crippen molar-refractivity contribution >= 4 is 35.1 Å². The van der Waals surface area contributed by atoms with Crippen LogP contribution in [0.2, 0.25) is 10.2 Å². The fourth-order valence-electron chi connectivity index (χ4n) is 1.56. The molecule has 1 amide bonds. The Hall–Kier alpha value is -1.37. The maximum absolute atomic E-state index is 12.4. The number of ether oxygens (including phenoxy) is 2. The Labute approximate surface area is 132 Å². The normalized spacial score (nSPS) is 10.3. The number of carbonyl (C=O) groups excluding carboxylic acids is 2. The Kier molecular flexibility index (Phi) is 7.42. The van der Waals surface area contributed by atoms with E-state index in [9.17, 15) is 9.59 Å². The third-order valence-corrected chi connectivity index (χ3v) is 3.20. The Balaban J connectivity index is 2.87. The number of halogens is 2. The zero-order valence-corrected chi connectivity index (χ0v) is 13.3. The number of carbonyl (C=O) groups is 2. The van der Waals surface area contributed by atoms with E-state index in [0.717, 1.165) is 0 Å². The van der Waals surface area contributed by atoms with Crippen molar-refractivity contribution in [2.24, 2.45) is 0 Å². The monoisotopic (exact) mass is 334 g/mol. The molecule has 0 saturated carbocycles. The van der Waals surface area contributed by atoms with Gasteiger partial charge in [0, 0.05) is 20.2 Å². The van der Waals surface area contributed by atoms with E-state index in [0.29, 0.717) is 13.2 Å². The molecule has 0 unspecified atom stereocenters. The van der Waals surface area contributed by atoms with Crippen LogP contribution in [-0.4, -0.2) is 55.7 Å². The maximum atomic E-state index is 12.4. The van der Waals surface area contributed by atoms with Gasteiger partial charge in [0.05, 0.1) is 25.2 Å². The van der Waals surface area contributed by atoms with Crippen LogP contribution in [0.1, 0.15) is 16.9 Å². The Morgan fingerprint density at radius 1 is 1.24 bits per heavy atom. The van der Waals surface area contributed by atoms with Crippen LogP contribution in [0.4, 0.5) is 0 Å². The van der Waals surface area contributed by atoms with Gasteiger partial charge in [-0.2, -0.15) is 0 Å². The second kappa shape index (κ2) is 8.81. The summed E-state index contributed by atoms with van der Waals surface area (Å²) in [6.45, 7) is 0.807. The fourth-order valence-corrected chi connectivity index (χ4v) is 1.90. The van der Waals surface area contributed by atoms with E-state index >= 15 is 0 Å². The third-order valence-electron chi connectivity index (χ3n) is 2.68. The minimum atomic E-state index is -0.413. The van der Waals surface area contributed by atoms with Crippen molar-refractivity contribution in [1.82, 2.24) is 9.88 Å². The van der Waals surface area contributed by atoms with Crippen molar-refractivity contribution in [2.45, 2.75) is 6.42 Å². The number of hydrogen-bond donors (Lipinski definition) is 0. The van der Waals surface area contributed by atoms with Crippen molar-refractivity contribution in [2.75, 3.05) is 33.9 Å². The van der Waals surface area contributed by atoms with Crippen LogP contribution in [-0.2, 0) is 14.3 Å². The van der Waals surface area contributed by atoms with Crippen LogP contribution in [0.5, 0.6) is 0 Å². The van der Waals surface area contributed by atoms with Gasteiger partial charge in [0.1, 0.15) is 10.8 Å². The molecule has 6 nitrogen and oxygen atoms in total. The van der Waals surface area contributed by atoms with Crippen LogP contribution >= 0.6 is 23.2 Å². The molecule has 0 radical (unpaired) electrons. The lowest BCUT2D eigenvalue weighted by atomic mass is 10.3. The third kappa shape index (κ3) is 5.49. The second-order valence-electron chi connectivity index (χ2n) is 4.08. The molecule has 0 atom stereocenters. The Bertz CT molecular complexity index is 511. The van der Waals surface area contributed by atoms with Crippen LogP contribution in [0.25, 0.3) is 0 Å². The number of nitrogens with zero attached hydrogens (tertiary/aromatic N) is 2. The molecule has 0 bridgehead atoms. The fraction of sp³-hybridized carbons (Fsp3) is 0.462. The quantitative estimate of drug-likeness (QED) is 0.563. The van der Waals surface area contributed by atoms with Crippen molar-refractivity contribution in [1.29, 1.82) is 0 Å². The standard InChI is InChI=1S/C13H16Cl2N2O4/c1-20-8-7-17(6-5-11(18)21-2)13(19)12-9(14)3-4-10(15)16-12/h3-4H,5-8H2,1-2H3. The molecular weight excluding hydrogens is 319 g/mol. The van der Waals surface area contributed by atoms with E-state index in [1.165, 1.54) is 31.3 Å². The van der Waals surface area contributed by atoms with Gasteiger partial charge >= 0.3 is 5.97 Å². The first-order valence-corrected chi connectivity index (χ1v) is 6.92. The number of amides is 1. The summed E-state index contributed by atoms with van der Waals surface area (Å²) in [6.07, 6.45) is 0.0736. The van der Waals surface area contributed by atoms with Gasteiger partial charge in [0.25, 0.3) is 5.91 Å². The number of aromatic nitrogens is 1. The number of hydrogen-bond acceptors (Lipinski definition) is 5. The zero-order valence-electron chi connectivity index (χ0n) is 11.8. The molecule has 0 aliphatic heterocycles. The van der Waals surface area contributed by atoms with Gasteiger partial charge < -0.3 is 14.4 Å². The molecule has 1 rings (SSSR count). The highest BCUT2D eigenvalue weighted by Gasteiger charge is 2.21. The smallest absolute Gasteiger partial charge is 0.307 e. The van der Waals surface area contributed by atoms with Gasteiger partial charge in [-0.3, -0.25) is 9.59 Å². The molecular formula is C13H16Cl2N2O4. The zero-order chi connectivity index (χ0) is 15.8. The van der Waals surface area contributed by atoms with Gasteiger partial charge in [-0.1, -0.05) is 23.2 Å². The van der Waals surface area contributed by atoms with E-state index in [1.54, 1.807) is 0 Å². The summed E-state index contributed by atoms with van der Waals surface area (Å²) in [5.74, 6) is -0.821. The largest absolute Gasteiger partial charge is 0.469 e. The molecule has 0 aromatic carbocycles. The van der Waals surface area contributed by atoms with Crippen molar-refractivity contribution in [3.05, 3.63) is 28.0 Å². The molecule has 8 heteroatoms. The highest BCUT2D eigenvalue weighted by atomic mass is 35.5. The SMILES string of the molecule is COCCN(CCC(=O)OC)C(=O)c1nc(Cl)ccc1Cl. The molecule has 0 aliphatic carbocycles. The molecule has 0 spiro atoms. The van der Waals surface area contributed by atoms with Gasteiger partial charge in [0.2, 0.25) is 0 Å². The average Bonchev–Trinajstić information content (AvgIpc) is 2.48. The summed E-state index contributed by atoms with van der Waals surface area (Å²) in [6, 6.07) is 2.99. The van der Waals surface area contributed by atoms with Crippen molar-refractivity contribution in [3.63, 3.8) is 0 Å². The van der Waals surface area contributed by atoms with E-state index in [4.69, 9.17) is 27.9 Å². The molecule has 1 aromatic rings. The number of rotatable bonds is 7. The van der Waals surface area contributed by atoms with Crippen LogP contribution in [0.15, 0.2) is 12.1 Å². The highest BCUT2D eigenvalue weighted by Crippen LogP contribution is 2.18. The van der Waals surface area contributed by atoms with E-state index in [1.807, 2.05) is 0 Å². The molecule has 21 heavy (non-hydrogen) atoms. The Morgan fingerprint density at radius 2 is 1.95 bits per heavy atom. The summed E-state index contributed by atoms with van der Waals surface area (Å²) in [5, 5.41) is 0.368. The lowest BCUT2D eigenvalue weighted by Crippen LogP contribution is -2.36. The first-order chi connectivity index (χ1) is 9.99. The van der Waals surface area contributed by atoms with E-state index in [-0.39, 0.29) is 28.8 Å². The van der Waals surface area contributed by atoms with E-state index < -0.39 is 11.9 Å². The van der Waals surface area contributed by atoms with Crippen molar-refractivity contribution in [3.8, 4) is 0 Å². The van der Waals surface area contributed by atoms with Crippen LogP contribution < -0.4 is 0 Å². The number of esters is 1. The molecule has 1 aromatic heterocycles. The summed E-state index contributed by atoms with van der Waals surface area (Å²) in [5.41, 5.74) is 0.0464. The predicted octanol–water partition coefficient (Wildman–Crippen LogP) is 2.04. The second-order valence-corrected chi connectivity index (χ2v) is 4.87. The van der Waals surface area contributed by atoms with Gasteiger partial charge in [-0.05, 0) is 12.1 Å². The summed E-state index contributed by atoms with van der Waals surface area (Å²) in [7, 11) is 2.81. The minimum Gasteiger partial charge on any atom is -0.469 e. The summed E-state index contributed by atoms with van der Waals surface area (Å²) >= 11 is 11.7. The highest BCUT2D eigenvalue weighted by molar-refractivity contribution is 6.34. The predicted molar refractivity (Wildman–Crippen MR) is 78.7 cm³/mol. The number of pyridine rings is 1. The molecule has 0 N–H and O–H groups in total. The molecule has 0 saturated heterocycles. The van der Waals surface area contributed by atoms with Gasteiger partial charge in [-0.15, -0.1) is 0 Å². The summed E-state index contributed by atoms with van der Waals surface area (Å²) < 4.78 is 9.52. The maximum Gasteiger partial charge on any atom is 0.307 e. The van der Waals surface area contributed by atoms with Gasteiger partial charge in [0.15, 0.2) is 0 Å². The molecule has 0 aliphatic rings. The van der Waals surface area contributed by atoms with Crippen LogP contribution in [0, 0.1) is 0 Å².